The molecular weight excluding hydrogens is 287 g/mol. The van der Waals surface area contributed by atoms with Crippen molar-refractivity contribution >= 4 is 46.4 Å². The Morgan fingerprint density at radius 1 is 1.22 bits per heavy atom. The third-order valence-corrected chi connectivity index (χ3v) is 4.22. The fraction of sp³-hybridized carbons (Fsp3) is 0.0714. The van der Waals surface area contributed by atoms with Crippen LogP contribution in [0.1, 0.15) is 20.8 Å². The van der Waals surface area contributed by atoms with Gasteiger partial charge in [-0.3, -0.25) is 4.79 Å². The number of hydrogen-bond donors (Lipinski definition) is 0. The van der Waals surface area contributed by atoms with E-state index in [2.05, 4.69) is 0 Å². The molecule has 0 aliphatic rings. The first-order valence-corrected chi connectivity index (χ1v) is 6.93. The number of rotatable bonds is 3. The minimum atomic E-state index is -0.0821. The largest absolute Gasteiger partial charge is 0.289 e. The van der Waals surface area contributed by atoms with E-state index in [9.17, 15) is 4.79 Å². The summed E-state index contributed by atoms with van der Waals surface area (Å²) in [4.78, 5) is 13.0. The first-order chi connectivity index (χ1) is 8.58. The Kier molecular flexibility index (Phi) is 4.23. The molecule has 1 aromatic carbocycles. The van der Waals surface area contributed by atoms with Crippen molar-refractivity contribution < 1.29 is 4.79 Å². The van der Waals surface area contributed by atoms with Crippen LogP contribution < -0.4 is 0 Å². The maximum atomic E-state index is 11.9. The topological polar surface area (TPSA) is 17.1 Å². The van der Waals surface area contributed by atoms with Gasteiger partial charge in [0.05, 0.1) is 10.0 Å². The Morgan fingerprint density at radius 2 is 2.00 bits per heavy atom. The average Bonchev–Trinajstić information content (AvgIpc) is 2.75. The molecule has 4 heteroatoms. The standard InChI is InChI=1S/C14H10Cl2OS/c1-9-6-7-18-14(9)5-4-13(17)10-2-3-11(15)12(16)8-10/h2-8H,1H3. The number of carbonyl (C=O) groups excluding carboxylic acids is 1. The molecule has 0 N–H and O–H groups in total. The van der Waals surface area contributed by atoms with E-state index < -0.39 is 0 Å². The van der Waals surface area contributed by atoms with Gasteiger partial charge in [-0.05, 0) is 54.3 Å². The van der Waals surface area contributed by atoms with Crippen molar-refractivity contribution in [2.45, 2.75) is 6.92 Å². The molecule has 0 spiro atoms. The first-order valence-electron chi connectivity index (χ1n) is 5.29. The van der Waals surface area contributed by atoms with Gasteiger partial charge in [-0.2, -0.15) is 0 Å². The van der Waals surface area contributed by atoms with Gasteiger partial charge in [0, 0.05) is 10.4 Å². The predicted octanol–water partition coefficient (Wildman–Crippen LogP) is 5.26. The van der Waals surface area contributed by atoms with Crippen LogP contribution >= 0.6 is 34.5 Å². The van der Waals surface area contributed by atoms with E-state index in [-0.39, 0.29) is 5.78 Å². The molecule has 0 radical (unpaired) electrons. The summed E-state index contributed by atoms with van der Waals surface area (Å²) in [5, 5.41) is 2.84. The fourth-order valence-corrected chi connectivity index (χ4v) is 2.57. The maximum Gasteiger partial charge on any atom is 0.185 e. The molecule has 2 rings (SSSR count). The van der Waals surface area contributed by atoms with Crippen LogP contribution in [0, 0.1) is 6.92 Å². The van der Waals surface area contributed by atoms with E-state index >= 15 is 0 Å². The maximum absolute atomic E-state index is 11.9. The fourth-order valence-electron chi connectivity index (χ4n) is 1.45. The molecule has 92 valence electrons. The number of allylic oxidation sites excluding steroid dienone is 1. The van der Waals surface area contributed by atoms with E-state index in [1.165, 1.54) is 0 Å². The summed E-state index contributed by atoms with van der Waals surface area (Å²) >= 11 is 13.3. The highest BCUT2D eigenvalue weighted by molar-refractivity contribution is 7.11. The van der Waals surface area contributed by atoms with Gasteiger partial charge in [-0.25, -0.2) is 0 Å². The lowest BCUT2D eigenvalue weighted by molar-refractivity contribution is 0.104. The molecule has 0 bridgehead atoms. The van der Waals surface area contributed by atoms with Crippen molar-refractivity contribution in [1.29, 1.82) is 0 Å². The Hall–Kier alpha value is -1.09. The normalized spacial score (nSPS) is 11.1. The van der Waals surface area contributed by atoms with Crippen LogP contribution in [-0.4, -0.2) is 5.78 Å². The number of halogens is 2. The molecule has 0 saturated carbocycles. The molecule has 0 amide bonds. The highest BCUT2D eigenvalue weighted by atomic mass is 35.5. The van der Waals surface area contributed by atoms with Crippen LogP contribution in [0.2, 0.25) is 10.0 Å². The van der Waals surface area contributed by atoms with Gasteiger partial charge >= 0.3 is 0 Å². The van der Waals surface area contributed by atoms with Crippen molar-refractivity contribution in [2.24, 2.45) is 0 Å². The van der Waals surface area contributed by atoms with Gasteiger partial charge in [-0.15, -0.1) is 11.3 Å². The highest BCUT2D eigenvalue weighted by Crippen LogP contribution is 2.23. The molecule has 0 aliphatic carbocycles. The zero-order valence-electron chi connectivity index (χ0n) is 9.61. The lowest BCUT2D eigenvalue weighted by Gasteiger charge is -1.98. The third kappa shape index (κ3) is 3.02. The zero-order chi connectivity index (χ0) is 13.1. The number of hydrogen-bond acceptors (Lipinski definition) is 2. The second-order valence-electron chi connectivity index (χ2n) is 3.79. The number of carbonyl (C=O) groups is 1. The molecule has 0 atom stereocenters. The summed E-state index contributed by atoms with van der Waals surface area (Å²) in [7, 11) is 0. The number of thiophene rings is 1. The van der Waals surface area contributed by atoms with Crippen molar-refractivity contribution in [3.05, 3.63) is 61.8 Å². The number of aryl methyl sites for hydroxylation is 1. The molecule has 0 unspecified atom stereocenters. The quantitative estimate of drug-likeness (QED) is 0.558. The Balaban J connectivity index is 2.20. The molecule has 2 aromatic rings. The predicted molar refractivity (Wildman–Crippen MR) is 78.9 cm³/mol. The van der Waals surface area contributed by atoms with Crippen LogP contribution in [0.15, 0.2) is 35.7 Å². The number of benzene rings is 1. The van der Waals surface area contributed by atoms with Gasteiger partial charge in [0.15, 0.2) is 5.78 Å². The van der Waals surface area contributed by atoms with Gasteiger partial charge in [0.1, 0.15) is 0 Å². The van der Waals surface area contributed by atoms with Gasteiger partial charge in [0.25, 0.3) is 0 Å². The van der Waals surface area contributed by atoms with Crippen LogP contribution in [-0.2, 0) is 0 Å². The number of ketones is 1. The SMILES string of the molecule is Cc1ccsc1C=CC(=O)c1ccc(Cl)c(Cl)c1. The molecule has 1 heterocycles. The smallest absolute Gasteiger partial charge is 0.185 e. The second kappa shape index (κ2) is 5.70. The summed E-state index contributed by atoms with van der Waals surface area (Å²) < 4.78 is 0. The monoisotopic (exact) mass is 296 g/mol. The van der Waals surface area contributed by atoms with Crippen LogP contribution in [0.5, 0.6) is 0 Å². The molecule has 0 saturated heterocycles. The van der Waals surface area contributed by atoms with E-state index in [1.807, 2.05) is 24.4 Å². The summed E-state index contributed by atoms with van der Waals surface area (Å²) in [5.41, 5.74) is 1.70. The average molecular weight is 297 g/mol. The summed E-state index contributed by atoms with van der Waals surface area (Å²) in [6, 6.07) is 6.90. The second-order valence-corrected chi connectivity index (χ2v) is 5.56. The minimum Gasteiger partial charge on any atom is -0.289 e. The highest BCUT2D eigenvalue weighted by Gasteiger charge is 2.05. The lowest BCUT2D eigenvalue weighted by Crippen LogP contribution is -1.93. The molecule has 18 heavy (non-hydrogen) atoms. The van der Waals surface area contributed by atoms with E-state index in [4.69, 9.17) is 23.2 Å². The van der Waals surface area contributed by atoms with Crippen molar-refractivity contribution in [2.75, 3.05) is 0 Å². The minimum absolute atomic E-state index is 0.0821. The van der Waals surface area contributed by atoms with Crippen molar-refractivity contribution in [3.8, 4) is 0 Å². The Morgan fingerprint density at radius 3 is 2.61 bits per heavy atom. The van der Waals surface area contributed by atoms with Crippen LogP contribution in [0.4, 0.5) is 0 Å². The van der Waals surface area contributed by atoms with E-state index in [0.29, 0.717) is 15.6 Å². The third-order valence-electron chi connectivity index (χ3n) is 2.49. The summed E-state index contributed by atoms with van der Waals surface area (Å²) in [6.07, 6.45) is 3.38. The van der Waals surface area contributed by atoms with E-state index in [1.54, 1.807) is 35.6 Å². The zero-order valence-corrected chi connectivity index (χ0v) is 11.9. The van der Waals surface area contributed by atoms with Gasteiger partial charge in [-0.1, -0.05) is 23.2 Å². The summed E-state index contributed by atoms with van der Waals surface area (Å²) in [6.45, 7) is 2.01. The van der Waals surface area contributed by atoms with E-state index in [0.717, 1.165) is 10.4 Å². The van der Waals surface area contributed by atoms with Crippen molar-refractivity contribution in [1.82, 2.24) is 0 Å². The Bertz CT molecular complexity index is 614. The Labute approximate surface area is 120 Å². The molecule has 1 nitrogen and oxygen atoms in total. The van der Waals surface area contributed by atoms with Crippen molar-refractivity contribution in [3.63, 3.8) is 0 Å². The van der Waals surface area contributed by atoms with Crippen LogP contribution in [0.25, 0.3) is 6.08 Å². The lowest BCUT2D eigenvalue weighted by atomic mass is 10.1. The molecule has 0 fully saturated rings. The molecule has 0 aliphatic heterocycles. The summed E-state index contributed by atoms with van der Waals surface area (Å²) in [5.74, 6) is -0.0821. The van der Waals surface area contributed by atoms with Gasteiger partial charge < -0.3 is 0 Å². The molecular formula is C14H10Cl2OS. The molecule has 1 aromatic heterocycles. The van der Waals surface area contributed by atoms with Crippen LogP contribution in [0.3, 0.4) is 0 Å². The van der Waals surface area contributed by atoms with Gasteiger partial charge in [0.2, 0.25) is 0 Å². The first kappa shape index (κ1) is 13.3.